The van der Waals surface area contributed by atoms with Crippen LogP contribution in [-0.4, -0.2) is 38.5 Å². The zero-order valence-electron chi connectivity index (χ0n) is 11.8. The third-order valence-corrected chi connectivity index (χ3v) is 4.16. The zero-order valence-corrected chi connectivity index (χ0v) is 12.6. The normalized spacial score (nSPS) is 22.7. The minimum absolute atomic E-state index is 0.283. The molecule has 1 aromatic rings. The zero-order chi connectivity index (χ0) is 15.6. The summed E-state index contributed by atoms with van der Waals surface area (Å²) in [6, 6.07) is 3.13. The van der Waals surface area contributed by atoms with Crippen LogP contribution in [0, 0.1) is 11.6 Å². The molecule has 1 aromatic carbocycles. The quantitative estimate of drug-likeness (QED) is 0.667. The summed E-state index contributed by atoms with van der Waals surface area (Å²) in [6.45, 7) is 2.45. The van der Waals surface area contributed by atoms with Gasteiger partial charge in [-0.2, -0.15) is 13.6 Å². The van der Waals surface area contributed by atoms with E-state index in [0.29, 0.717) is 18.5 Å². The van der Waals surface area contributed by atoms with Gasteiger partial charge in [-0.3, -0.25) is 9.45 Å². The first-order valence-electron chi connectivity index (χ1n) is 6.63. The van der Waals surface area contributed by atoms with Gasteiger partial charge in [-0.15, -0.1) is 0 Å². The lowest BCUT2D eigenvalue weighted by Crippen LogP contribution is -2.44. The van der Waals surface area contributed by atoms with Crippen molar-refractivity contribution in [3.05, 3.63) is 35.4 Å². The number of likely N-dealkylation sites (tertiary alicyclic amines) is 1. The molecule has 3 atom stereocenters. The standard InChI is InChI=1S/C13H18F2N2O3S/c1-9(16(2)20-21(18)19)17-7-3-4-13(17)11-8-10(14)5-6-12(11)15/h5-6,8-9,13H,3-4,7H2,1-2H3,(H,18,19)/t9?,13-/m1/s1. The Morgan fingerprint density at radius 2 is 2.24 bits per heavy atom. The summed E-state index contributed by atoms with van der Waals surface area (Å²) in [5.41, 5.74) is 0.304. The van der Waals surface area contributed by atoms with Crippen molar-refractivity contribution in [2.45, 2.75) is 32.0 Å². The number of hydrogen-bond donors (Lipinski definition) is 1. The lowest BCUT2D eigenvalue weighted by atomic mass is 10.0. The van der Waals surface area contributed by atoms with E-state index in [1.807, 2.05) is 4.90 Å². The molecule has 0 radical (unpaired) electrons. The summed E-state index contributed by atoms with van der Waals surface area (Å²) in [7, 11) is 1.52. The average Bonchev–Trinajstić information content (AvgIpc) is 2.88. The lowest BCUT2D eigenvalue weighted by Gasteiger charge is -2.34. The molecule has 118 valence electrons. The highest BCUT2D eigenvalue weighted by molar-refractivity contribution is 7.74. The van der Waals surface area contributed by atoms with Crippen molar-refractivity contribution in [2.24, 2.45) is 0 Å². The maximum absolute atomic E-state index is 13.9. The van der Waals surface area contributed by atoms with E-state index in [4.69, 9.17) is 8.84 Å². The van der Waals surface area contributed by atoms with Crippen molar-refractivity contribution in [3.8, 4) is 0 Å². The van der Waals surface area contributed by atoms with Gasteiger partial charge in [0.15, 0.2) is 0 Å². The first-order valence-corrected chi connectivity index (χ1v) is 7.66. The van der Waals surface area contributed by atoms with Crippen molar-refractivity contribution in [3.63, 3.8) is 0 Å². The topological polar surface area (TPSA) is 53.0 Å². The van der Waals surface area contributed by atoms with Crippen LogP contribution in [0.3, 0.4) is 0 Å². The summed E-state index contributed by atoms with van der Waals surface area (Å²) >= 11 is -2.41. The number of halogens is 2. The second-order valence-corrected chi connectivity index (χ2v) is 5.61. The fourth-order valence-corrected chi connectivity index (χ4v) is 3.04. The Morgan fingerprint density at radius 3 is 2.90 bits per heavy atom. The molecule has 0 saturated carbocycles. The van der Waals surface area contributed by atoms with Crippen LogP contribution in [-0.2, 0) is 15.6 Å². The minimum atomic E-state index is -2.41. The molecule has 21 heavy (non-hydrogen) atoms. The molecular weight excluding hydrogens is 302 g/mol. The van der Waals surface area contributed by atoms with E-state index in [2.05, 4.69) is 0 Å². The van der Waals surface area contributed by atoms with Crippen LogP contribution in [0.5, 0.6) is 0 Å². The van der Waals surface area contributed by atoms with E-state index < -0.39 is 23.0 Å². The maximum Gasteiger partial charge on any atom is 0.319 e. The Labute approximate surface area is 124 Å². The monoisotopic (exact) mass is 320 g/mol. The van der Waals surface area contributed by atoms with E-state index in [0.717, 1.165) is 18.6 Å². The predicted octanol–water partition coefficient (Wildman–Crippen LogP) is 2.45. The molecule has 0 amide bonds. The smallest absolute Gasteiger partial charge is 0.283 e. The summed E-state index contributed by atoms with van der Waals surface area (Å²) in [5.74, 6) is -0.929. The first-order chi connectivity index (χ1) is 9.90. The van der Waals surface area contributed by atoms with Crippen molar-refractivity contribution < 1.29 is 21.8 Å². The van der Waals surface area contributed by atoms with Crippen molar-refractivity contribution in [1.82, 2.24) is 9.96 Å². The summed E-state index contributed by atoms with van der Waals surface area (Å²) < 4.78 is 51.5. The van der Waals surface area contributed by atoms with Crippen LogP contribution in [0.15, 0.2) is 18.2 Å². The minimum Gasteiger partial charge on any atom is -0.283 e. The van der Waals surface area contributed by atoms with Crippen LogP contribution >= 0.6 is 0 Å². The third kappa shape index (κ3) is 3.83. The van der Waals surface area contributed by atoms with Gasteiger partial charge >= 0.3 is 11.4 Å². The second-order valence-electron chi connectivity index (χ2n) is 5.03. The van der Waals surface area contributed by atoms with E-state index in [1.54, 1.807) is 6.92 Å². The van der Waals surface area contributed by atoms with Gasteiger partial charge in [-0.05, 0) is 38.0 Å². The number of hydroxylamine groups is 2. The van der Waals surface area contributed by atoms with Crippen molar-refractivity contribution >= 4 is 11.4 Å². The van der Waals surface area contributed by atoms with Crippen LogP contribution in [0.25, 0.3) is 0 Å². The van der Waals surface area contributed by atoms with E-state index in [1.165, 1.54) is 18.2 Å². The number of benzene rings is 1. The maximum atomic E-state index is 13.9. The fraction of sp³-hybridized carbons (Fsp3) is 0.538. The molecule has 1 N–H and O–H groups in total. The summed E-state index contributed by atoms with van der Waals surface area (Å²) in [5, 5.41) is 1.24. The van der Waals surface area contributed by atoms with Gasteiger partial charge in [0.1, 0.15) is 11.6 Å². The Kier molecular flexibility index (Phi) is 5.39. The molecule has 2 rings (SSSR count). The molecule has 1 aliphatic heterocycles. The molecule has 1 heterocycles. The largest absolute Gasteiger partial charge is 0.319 e. The highest BCUT2D eigenvalue weighted by Gasteiger charge is 2.34. The van der Waals surface area contributed by atoms with Crippen molar-refractivity contribution in [1.29, 1.82) is 0 Å². The highest BCUT2D eigenvalue weighted by Crippen LogP contribution is 2.35. The third-order valence-electron chi connectivity index (χ3n) is 3.80. The number of nitrogens with zero attached hydrogens (tertiary/aromatic N) is 2. The van der Waals surface area contributed by atoms with Crippen LogP contribution in [0.2, 0.25) is 0 Å². The van der Waals surface area contributed by atoms with Gasteiger partial charge < -0.3 is 0 Å². The van der Waals surface area contributed by atoms with E-state index in [9.17, 15) is 13.0 Å². The first kappa shape index (κ1) is 16.4. The van der Waals surface area contributed by atoms with E-state index in [-0.39, 0.29) is 12.2 Å². The predicted molar refractivity (Wildman–Crippen MR) is 74.1 cm³/mol. The molecule has 8 heteroatoms. The average molecular weight is 320 g/mol. The van der Waals surface area contributed by atoms with Crippen molar-refractivity contribution in [2.75, 3.05) is 13.6 Å². The Balaban J connectivity index is 2.20. The van der Waals surface area contributed by atoms with Crippen LogP contribution in [0.4, 0.5) is 8.78 Å². The molecule has 1 aliphatic rings. The van der Waals surface area contributed by atoms with Gasteiger partial charge in [0.2, 0.25) is 0 Å². The van der Waals surface area contributed by atoms with Gasteiger partial charge in [0.05, 0.1) is 6.17 Å². The van der Waals surface area contributed by atoms with Crippen LogP contribution < -0.4 is 0 Å². The van der Waals surface area contributed by atoms with Gasteiger partial charge in [0.25, 0.3) is 0 Å². The van der Waals surface area contributed by atoms with Gasteiger partial charge in [-0.1, -0.05) is 0 Å². The molecule has 1 fully saturated rings. The number of hydrogen-bond acceptors (Lipinski definition) is 4. The summed E-state index contributed by atoms with van der Waals surface area (Å²) in [6.07, 6.45) is 1.18. The molecule has 0 bridgehead atoms. The Hall–Kier alpha value is -0.930. The number of rotatable bonds is 5. The Morgan fingerprint density at radius 1 is 1.52 bits per heavy atom. The summed E-state index contributed by atoms with van der Waals surface area (Å²) in [4.78, 5) is 1.92. The molecule has 0 spiro atoms. The molecule has 2 unspecified atom stereocenters. The van der Waals surface area contributed by atoms with Crippen LogP contribution in [0.1, 0.15) is 31.4 Å². The molecule has 1 saturated heterocycles. The SMILES string of the molecule is CC(N(C)OS(=O)O)N1CCC[C@@H]1c1cc(F)ccc1F. The molecule has 0 aliphatic carbocycles. The molecule has 0 aromatic heterocycles. The highest BCUT2D eigenvalue weighted by atomic mass is 32.2. The van der Waals surface area contributed by atoms with E-state index >= 15 is 0 Å². The van der Waals surface area contributed by atoms with Gasteiger partial charge in [0, 0.05) is 25.2 Å². The molecule has 5 nitrogen and oxygen atoms in total. The lowest BCUT2D eigenvalue weighted by molar-refractivity contribution is -0.118. The molecular formula is C13H18F2N2O3S. The Bertz CT molecular complexity index is 532. The second kappa shape index (κ2) is 6.89. The van der Waals surface area contributed by atoms with Gasteiger partial charge in [-0.25, -0.2) is 8.78 Å². The fourth-order valence-electron chi connectivity index (χ4n) is 2.71.